The van der Waals surface area contributed by atoms with Crippen LogP contribution in [0.15, 0.2) is 30.3 Å². The predicted octanol–water partition coefficient (Wildman–Crippen LogP) is 3.43. The first kappa shape index (κ1) is 18.2. The SMILES string of the molecule is CCC(C)CS(=O)(=O)C(C(C)C)C(NC)c1ccccc1. The van der Waals surface area contributed by atoms with Crippen LogP contribution in [0.1, 0.15) is 45.7 Å². The summed E-state index contributed by atoms with van der Waals surface area (Å²) >= 11 is 0. The molecule has 0 bridgehead atoms. The van der Waals surface area contributed by atoms with Gasteiger partial charge in [-0.25, -0.2) is 8.42 Å². The lowest BCUT2D eigenvalue weighted by Crippen LogP contribution is -2.41. The Morgan fingerprint density at radius 3 is 2.10 bits per heavy atom. The van der Waals surface area contributed by atoms with Crippen molar-refractivity contribution >= 4 is 9.84 Å². The van der Waals surface area contributed by atoms with Gasteiger partial charge in [0.15, 0.2) is 9.84 Å². The molecule has 1 rings (SSSR count). The molecule has 120 valence electrons. The molecule has 3 unspecified atom stereocenters. The molecule has 0 saturated carbocycles. The maximum absolute atomic E-state index is 12.9. The van der Waals surface area contributed by atoms with E-state index in [9.17, 15) is 8.42 Å². The maximum Gasteiger partial charge on any atom is 0.155 e. The third kappa shape index (κ3) is 4.82. The van der Waals surface area contributed by atoms with Gasteiger partial charge in [0, 0.05) is 6.04 Å². The average molecular weight is 311 g/mol. The van der Waals surface area contributed by atoms with E-state index in [1.807, 2.05) is 65.1 Å². The standard InChI is InChI=1S/C17H29NO2S/c1-6-14(4)12-21(19,20)17(13(2)3)16(18-5)15-10-8-7-9-11-15/h7-11,13-14,16-18H,6,12H2,1-5H3. The molecule has 4 heteroatoms. The topological polar surface area (TPSA) is 46.2 Å². The number of hydrogen-bond acceptors (Lipinski definition) is 3. The Bertz CT molecular complexity index is 511. The lowest BCUT2D eigenvalue weighted by Gasteiger charge is -2.31. The Morgan fingerprint density at radius 2 is 1.67 bits per heavy atom. The summed E-state index contributed by atoms with van der Waals surface area (Å²) in [5, 5.41) is 2.81. The zero-order valence-electron chi connectivity index (χ0n) is 13.8. The second-order valence-electron chi connectivity index (χ2n) is 6.23. The van der Waals surface area contributed by atoms with Crippen molar-refractivity contribution < 1.29 is 8.42 Å². The molecule has 0 aliphatic heterocycles. The van der Waals surface area contributed by atoms with Crippen LogP contribution in [-0.4, -0.2) is 26.5 Å². The highest BCUT2D eigenvalue weighted by Crippen LogP contribution is 2.29. The van der Waals surface area contributed by atoms with E-state index in [4.69, 9.17) is 0 Å². The molecule has 1 aromatic rings. The lowest BCUT2D eigenvalue weighted by molar-refractivity contribution is 0.437. The average Bonchev–Trinajstić information content (AvgIpc) is 2.44. The van der Waals surface area contributed by atoms with Gasteiger partial charge in [-0.1, -0.05) is 64.4 Å². The quantitative estimate of drug-likeness (QED) is 0.800. The molecule has 1 N–H and O–H groups in total. The summed E-state index contributed by atoms with van der Waals surface area (Å²) < 4.78 is 25.8. The Kier molecular flexibility index (Phi) is 6.88. The van der Waals surface area contributed by atoms with Crippen LogP contribution in [0, 0.1) is 11.8 Å². The van der Waals surface area contributed by atoms with Gasteiger partial charge in [0.05, 0.1) is 11.0 Å². The molecule has 1 aromatic carbocycles. The van der Waals surface area contributed by atoms with Gasteiger partial charge in [0.1, 0.15) is 0 Å². The minimum Gasteiger partial charge on any atom is -0.312 e. The Balaban J connectivity index is 3.16. The third-order valence-corrected chi connectivity index (χ3v) is 6.76. The highest BCUT2D eigenvalue weighted by Gasteiger charge is 2.36. The minimum atomic E-state index is -3.15. The zero-order chi connectivity index (χ0) is 16.0. The second kappa shape index (κ2) is 7.95. The molecule has 0 aliphatic rings. The number of benzene rings is 1. The maximum atomic E-state index is 12.9. The van der Waals surface area contributed by atoms with Crippen LogP contribution in [0.25, 0.3) is 0 Å². The van der Waals surface area contributed by atoms with Crippen molar-refractivity contribution in [1.29, 1.82) is 0 Å². The Labute approximate surface area is 130 Å². The van der Waals surface area contributed by atoms with Gasteiger partial charge >= 0.3 is 0 Å². The molecule has 0 spiro atoms. The van der Waals surface area contributed by atoms with E-state index in [0.717, 1.165) is 12.0 Å². The fraction of sp³-hybridized carbons (Fsp3) is 0.647. The summed E-state index contributed by atoms with van der Waals surface area (Å²) in [6.07, 6.45) is 0.888. The van der Waals surface area contributed by atoms with Crippen LogP contribution in [0.3, 0.4) is 0 Å². The van der Waals surface area contributed by atoms with E-state index >= 15 is 0 Å². The smallest absolute Gasteiger partial charge is 0.155 e. The molecule has 0 aromatic heterocycles. The van der Waals surface area contributed by atoms with Gasteiger partial charge in [0.2, 0.25) is 0 Å². The van der Waals surface area contributed by atoms with Crippen molar-refractivity contribution in [2.24, 2.45) is 11.8 Å². The predicted molar refractivity (Wildman–Crippen MR) is 90.1 cm³/mol. The number of sulfone groups is 1. The summed E-state index contributed by atoms with van der Waals surface area (Å²) in [6, 6.07) is 9.69. The summed E-state index contributed by atoms with van der Waals surface area (Å²) in [5.74, 6) is 0.526. The van der Waals surface area contributed by atoms with E-state index in [2.05, 4.69) is 5.32 Å². The molecule has 0 heterocycles. The second-order valence-corrected chi connectivity index (χ2v) is 8.43. The summed E-state index contributed by atoms with van der Waals surface area (Å²) in [4.78, 5) is 0. The summed E-state index contributed by atoms with van der Waals surface area (Å²) in [6.45, 7) is 8.03. The normalized spacial score (nSPS) is 16.7. The number of rotatable bonds is 8. The minimum absolute atomic E-state index is 0.0664. The third-order valence-electron chi connectivity index (χ3n) is 4.08. The van der Waals surface area contributed by atoms with Gasteiger partial charge in [0.25, 0.3) is 0 Å². The fourth-order valence-electron chi connectivity index (χ4n) is 2.81. The molecular formula is C17H29NO2S. The fourth-order valence-corrected chi connectivity index (χ4v) is 5.60. The highest BCUT2D eigenvalue weighted by molar-refractivity contribution is 7.92. The Hall–Kier alpha value is -0.870. The van der Waals surface area contributed by atoms with Crippen molar-refractivity contribution in [2.45, 2.75) is 45.4 Å². The van der Waals surface area contributed by atoms with Crippen molar-refractivity contribution in [3.8, 4) is 0 Å². The first-order valence-electron chi connectivity index (χ1n) is 7.77. The monoisotopic (exact) mass is 311 g/mol. The van der Waals surface area contributed by atoms with E-state index in [0.29, 0.717) is 0 Å². The van der Waals surface area contributed by atoms with Crippen LogP contribution in [0.2, 0.25) is 0 Å². The van der Waals surface area contributed by atoms with Gasteiger partial charge < -0.3 is 5.32 Å². The van der Waals surface area contributed by atoms with E-state index in [1.54, 1.807) is 0 Å². The van der Waals surface area contributed by atoms with Crippen LogP contribution >= 0.6 is 0 Å². The first-order valence-corrected chi connectivity index (χ1v) is 9.48. The first-order chi connectivity index (χ1) is 9.83. The van der Waals surface area contributed by atoms with E-state index in [-0.39, 0.29) is 23.6 Å². The highest BCUT2D eigenvalue weighted by atomic mass is 32.2. The van der Waals surface area contributed by atoms with Crippen molar-refractivity contribution in [3.05, 3.63) is 35.9 Å². The molecule has 3 nitrogen and oxygen atoms in total. The molecule has 0 saturated heterocycles. The Morgan fingerprint density at radius 1 is 1.10 bits per heavy atom. The van der Waals surface area contributed by atoms with Crippen molar-refractivity contribution in [3.63, 3.8) is 0 Å². The molecule has 0 fully saturated rings. The number of nitrogens with one attached hydrogen (secondary N) is 1. The van der Waals surface area contributed by atoms with E-state index in [1.165, 1.54) is 0 Å². The molecular weight excluding hydrogens is 282 g/mol. The largest absolute Gasteiger partial charge is 0.312 e. The summed E-state index contributed by atoms with van der Waals surface area (Å²) in [5.41, 5.74) is 1.03. The zero-order valence-corrected chi connectivity index (χ0v) is 14.7. The molecule has 0 radical (unpaired) electrons. The van der Waals surface area contributed by atoms with Gasteiger partial charge in [-0.3, -0.25) is 0 Å². The molecule has 0 aliphatic carbocycles. The van der Waals surface area contributed by atoms with Gasteiger partial charge in [-0.05, 0) is 24.4 Å². The molecule has 0 amide bonds. The molecule has 3 atom stereocenters. The van der Waals surface area contributed by atoms with Crippen LogP contribution in [-0.2, 0) is 9.84 Å². The molecule has 21 heavy (non-hydrogen) atoms. The lowest BCUT2D eigenvalue weighted by atomic mass is 9.96. The summed E-state index contributed by atoms with van der Waals surface area (Å²) in [7, 11) is -1.32. The van der Waals surface area contributed by atoms with Crippen LogP contribution < -0.4 is 5.32 Å². The van der Waals surface area contributed by atoms with Crippen molar-refractivity contribution in [1.82, 2.24) is 5.32 Å². The van der Waals surface area contributed by atoms with E-state index < -0.39 is 15.1 Å². The van der Waals surface area contributed by atoms with Crippen LogP contribution in [0.4, 0.5) is 0 Å². The number of hydrogen-bond donors (Lipinski definition) is 1. The van der Waals surface area contributed by atoms with Crippen LogP contribution in [0.5, 0.6) is 0 Å². The van der Waals surface area contributed by atoms with Gasteiger partial charge in [-0.2, -0.15) is 0 Å². The van der Waals surface area contributed by atoms with Gasteiger partial charge in [-0.15, -0.1) is 0 Å². The van der Waals surface area contributed by atoms with Crippen molar-refractivity contribution in [2.75, 3.05) is 12.8 Å².